The number of halogens is 1. The van der Waals surface area contributed by atoms with E-state index < -0.39 is 0 Å². The quantitative estimate of drug-likeness (QED) is 0.489. The molecule has 1 aliphatic heterocycles. The summed E-state index contributed by atoms with van der Waals surface area (Å²) in [6, 6.07) is 10.1. The van der Waals surface area contributed by atoms with Crippen molar-refractivity contribution in [2.75, 3.05) is 36.0 Å². The highest BCUT2D eigenvalue weighted by atomic mass is 79.9. The molecule has 1 saturated heterocycles. The van der Waals surface area contributed by atoms with Crippen molar-refractivity contribution in [2.24, 2.45) is 0 Å². The average molecular weight is 425 g/mol. The summed E-state index contributed by atoms with van der Waals surface area (Å²) >= 11 is 3.55. The van der Waals surface area contributed by atoms with E-state index >= 15 is 0 Å². The minimum absolute atomic E-state index is 0.771. The standard InChI is InChI=1S/C18H17BrN8/c1-12-22-23-16-4-5-17(24-27(12)16)25-6-8-26(9-7-25)18-14-10-13(19)2-3-15(14)20-11-21-18/h2-5,10-11H,6-9H2,1H3. The van der Waals surface area contributed by atoms with Gasteiger partial charge >= 0.3 is 0 Å². The molecule has 0 unspecified atom stereocenters. The van der Waals surface area contributed by atoms with Crippen molar-refractivity contribution in [2.45, 2.75) is 6.92 Å². The van der Waals surface area contributed by atoms with Crippen molar-refractivity contribution in [1.29, 1.82) is 0 Å². The summed E-state index contributed by atoms with van der Waals surface area (Å²) in [5.41, 5.74) is 1.73. The highest BCUT2D eigenvalue weighted by Crippen LogP contribution is 2.27. The monoisotopic (exact) mass is 424 g/mol. The summed E-state index contributed by atoms with van der Waals surface area (Å²) in [4.78, 5) is 13.5. The molecule has 0 bridgehead atoms. The number of nitrogens with zero attached hydrogens (tertiary/aromatic N) is 8. The van der Waals surface area contributed by atoms with E-state index in [2.05, 4.69) is 57.1 Å². The van der Waals surface area contributed by atoms with E-state index in [1.54, 1.807) is 10.8 Å². The Bertz CT molecular complexity index is 1130. The molecule has 3 aromatic heterocycles. The predicted octanol–water partition coefficient (Wildman–Crippen LogP) is 2.47. The Balaban J connectivity index is 1.40. The van der Waals surface area contributed by atoms with Crippen LogP contribution in [0, 0.1) is 6.92 Å². The molecule has 0 amide bonds. The van der Waals surface area contributed by atoms with Crippen LogP contribution in [-0.2, 0) is 0 Å². The van der Waals surface area contributed by atoms with E-state index in [0.29, 0.717) is 0 Å². The van der Waals surface area contributed by atoms with Crippen LogP contribution >= 0.6 is 15.9 Å². The molecule has 0 N–H and O–H groups in total. The van der Waals surface area contributed by atoms with Crippen LogP contribution in [0.15, 0.2) is 41.1 Å². The Morgan fingerprint density at radius 3 is 2.59 bits per heavy atom. The fourth-order valence-corrected chi connectivity index (χ4v) is 3.83. The number of aromatic nitrogens is 6. The van der Waals surface area contributed by atoms with Gasteiger partial charge in [0.15, 0.2) is 11.5 Å². The fourth-order valence-electron chi connectivity index (χ4n) is 3.47. The van der Waals surface area contributed by atoms with Gasteiger partial charge in [0.1, 0.15) is 18.0 Å². The Morgan fingerprint density at radius 1 is 0.926 bits per heavy atom. The topological polar surface area (TPSA) is 75.3 Å². The molecule has 136 valence electrons. The molecule has 1 fully saturated rings. The van der Waals surface area contributed by atoms with Gasteiger partial charge in [0.25, 0.3) is 0 Å². The number of rotatable bonds is 2. The lowest BCUT2D eigenvalue weighted by Crippen LogP contribution is -2.47. The number of fused-ring (bicyclic) bond motifs is 2. The molecule has 0 saturated carbocycles. The average Bonchev–Trinajstić information content (AvgIpc) is 3.08. The third-order valence-corrected chi connectivity index (χ3v) is 5.38. The van der Waals surface area contributed by atoms with E-state index in [1.807, 2.05) is 31.2 Å². The molecule has 0 spiro atoms. The molecule has 4 heterocycles. The third kappa shape index (κ3) is 2.87. The minimum Gasteiger partial charge on any atom is -0.352 e. The summed E-state index contributed by atoms with van der Waals surface area (Å²) < 4.78 is 2.82. The zero-order chi connectivity index (χ0) is 18.4. The van der Waals surface area contributed by atoms with Crippen molar-refractivity contribution in [1.82, 2.24) is 29.8 Å². The van der Waals surface area contributed by atoms with E-state index in [1.165, 1.54) is 0 Å². The molecule has 0 atom stereocenters. The van der Waals surface area contributed by atoms with Gasteiger partial charge in [-0.1, -0.05) is 15.9 Å². The SMILES string of the molecule is Cc1nnc2ccc(N3CCN(c4ncnc5ccc(Br)cc45)CC3)nn12. The van der Waals surface area contributed by atoms with Crippen LogP contribution in [0.1, 0.15) is 5.82 Å². The first kappa shape index (κ1) is 16.4. The van der Waals surface area contributed by atoms with Crippen LogP contribution in [0.4, 0.5) is 11.6 Å². The lowest BCUT2D eigenvalue weighted by molar-refractivity contribution is 0.636. The summed E-state index contributed by atoms with van der Waals surface area (Å²) in [6.45, 7) is 5.41. The van der Waals surface area contributed by atoms with Gasteiger partial charge in [-0.25, -0.2) is 9.97 Å². The van der Waals surface area contributed by atoms with E-state index in [4.69, 9.17) is 0 Å². The highest BCUT2D eigenvalue weighted by molar-refractivity contribution is 9.10. The third-order valence-electron chi connectivity index (χ3n) is 4.88. The number of anilines is 2. The predicted molar refractivity (Wildman–Crippen MR) is 107 cm³/mol. The van der Waals surface area contributed by atoms with Gasteiger partial charge in [0.05, 0.1) is 5.52 Å². The first-order chi connectivity index (χ1) is 13.2. The lowest BCUT2D eigenvalue weighted by Gasteiger charge is -2.36. The van der Waals surface area contributed by atoms with E-state index in [-0.39, 0.29) is 0 Å². The van der Waals surface area contributed by atoms with Crippen LogP contribution in [0.25, 0.3) is 16.6 Å². The molecule has 0 radical (unpaired) electrons. The highest BCUT2D eigenvalue weighted by Gasteiger charge is 2.21. The van der Waals surface area contributed by atoms with Crippen molar-refractivity contribution < 1.29 is 0 Å². The normalized spacial score (nSPS) is 15.0. The fraction of sp³-hybridized carbons (Fsp3) is 0.278. The minimum atomic E-state index is 0.771. The maximum Gasteiger partial charge on any atom is 0.178 e. The first-order valence-electron chi connectivity index (χ1n) is 8.78. The van der Waals surface area contributed by atoms with Gasteiger partial charge in [0, 0.05) is 36.0 Å². The van der Waals surface area contributed by atoms with Gasteiger partial charge < -0.3 is 9.80 Å². The lowest BCUT2D eigenvalue weighted by atomic mass is 10.2. The maximum atomic E-state index is 4.68. The van der Waals surface area contributed by atoms with Crippen LogP contribution in [-0.4, -0.2) is 56.0 Å². The second-order valence-corrected chi connectivity index (χ2v) is 7.46. The van der Waals surface area contributed by atoms with Gasteiger partial charge in [-0.2, -0.15) is 4.52 Å². The summed E-state index contributed by atoms with van der Waals surface area (Å²) in [6.07, 6.45) is 1.64. The van der Waals surface area contributed by atoms with Gasteiger partial charge in [-0.05, 0) is 37.3 Å². The summed E-state index contributed by atoms with van der Waals surface area (Å²) in [5.74, 6) is 2.72. The van der Waals surface area contributed by atoms with Gasteiger partial charge in [0.2, 0.25) is 0 Å². The van der Waals surface area contributed by atoms with Crippen LogP contribution in [0.2, 0.25) is 0 Å². The van der Waals surface area contributed by atoms with Crippen molar-refractivity contribution in [3.8, 4) is 0 Å². The molecule has 0 aliphatic carbocycles. The first-order valence-corrected chi connectivity index (χ1v) is 9.57. The Hall–Kier alpha value is -2.81. The number of hydrogen-bond acceptors (Lipinski definition) is 7. The zero-order valence-corrected chi connectivity index (χ0v) is 16.3. The molecule has 1 aromatic carbocycles. The molecule has 4 aromatic rings. The molecule has 5 rings (SSSR count). The molecule has 9 heteroatoms. The number of hydrogen-bond donors (Lipinski definition) is 0. The summed E-state index contributed by atoms with van der Waals surface area (Å²) in [5, 5.41) is 13.9. The van der Waals surface area contributed by atoms with Gasteiger partial charge in [-0.3, -0.25) is 0 Å². The number of benzene rings is 1. The number of piperazine rings is 1. The maximum absolute atomic E-state index is 4.68. The molecular weight excluding hydrogens is 408 g/mol. The number of aryl methyl sites for hydroxylation is 1. The van der Waals surface area contributed by atoms with Crippen LogP contribution in [0.5, 0.6) is 0 Å². The Labute approximate surface area is 164 Å². The smallest absolute Gasteiger partial charge is 0.178 e. The van der Waals surface area contributed by atoms with Crippen LogP contribution in [0.3, 0.4) is 0 Å². The molecule has 1 aliphatic rings. The van der Waals surface area contributed by atoms with Crippen molar-refractivity contribution in [3.63, 3.8) is 0 Å². The zero-order valence-electron chi connectivity index (χ0n) is 14.7. The van der Waals surface area contributed by atoms with Gasteiger partial charge in [-0.15, -0.1) is 15.3 Å². The second kappa shape index (κ2) is 6.41. The van der Waals surface area contributed by atoms with Crippen LogP contribution < -0.4 is 9.80 Å². The molecular formula is C18H17BrN8. The van der Waals surface area contributed by atoms with Crippen molar-refractivity contribution >= 4 is 44.1 Å². The largest absolute Gasteiger partial charge is 0.352 e. The Kier molecular flexibility index (Phi) is 3.89. The second-order valence-electron chi connectivity index (χ2n) is 6.54. The van der Waals surface area contributed by atoms with E-state index in [0.717, 1.165) is 64.7 Å². The van der Waals surface area contributed by atoms with Crippen molar-refractivity contribution in [3.05, 3.63) is 47.0 Å². The molecule has 27 heavy (non-hydrogen) atoms. The van der Waals surface area contributed by atoms with E-state index in [9.17, 15) is 0 Å². The molecule has 8 nitrogen and oxygen atoms in total. The Morgan fingerprint density at radius 2 is 1.74 bits per heavy atom. The summed E-state index contributed by atoms with van der Waals surface area (Å²) in [7, 11) is 0.